The predicted octanol–water partition coefficient (Wildman–Crippen LogP) is 3.11. The molecule has 2 aromatic carbocycles. The van der Waals surface area contributed by atoms with Crippen molar-refractivity contribution in [2.45, 2.75) is 13.0 Å². The molecule has 5 nitrogen and oxygen atoms in total. The van der Waals surface area contributed by atoms with Gasteiger partial charge in [0, 0.05) is 0 Å². The third kappa shape index (κ3) is 3.91. The highest BCUT2D eigenvalue weighted by molar-refractivity contribution is 5.95. The van der Waals surface area contributed by atoms with E-state index in [4.69, 9.17) is 14.2 Å². The molecule has 0 saturated heterocycles. The van der Waals surface area contributed by atoms with Crippen molar-refractivity contribution in [3.63, 3.8) is 0 Å². The van der Waals surface area contributed by atoms with Crippen LogP contribution in [0.5, 0.6) is 17.2 Å². The first kappa shape index (κ1) is 15.7. The fourth-order valence-electron chi connectivity index (χ4n) is 1.89. The number of carbonyl (C=O) groups excluding carboxylic acids is 1. The lowest BCUT2D eigenvalue weighted by Gasteiger charge is -2.16. The van der Waals surface area contributed by atoms with Gasteiger partial charge in [-0.05, 0) is 43.3 Å². The summed E-state index contributed by atoms with van der Waals surface area (Å²) in [6, 6.07) is 14.3. The number of methoxy groups -OCH3 is 2. The Labute approximate surface area is 129 Å². The number of nitrogens with one attached hydrogen (secondary N) is 1. The molecule has 2 aromatic rings. The Morgan fingerprint density at radius 3 is 2.23 bits per heavy atom. The summed E-state index contributed by atoms with van der Waals surface area (Å²) < 4.78 is 15.9. The van der Waals surface area contributed by atoms with Gasteiger partial charge in [-0.25, -0.2) is 0 Å². The number of ether oxygens (including phenoxy) is 3. The number of benzene rings is 2. The molecule has 0 aliphatic heterocycles. The smallest absolute Gasteiger partial charge is 0.265 e. The van der Waals surface area contributed by atoms with Crippen molar-refractivity contribution in [1.29, 1.82) is 0 Å². The Hall–Kier alpha value is -2.69. The largest absolute Gasteiger partial charge is 0.497 e. The maximum atomic E-state index is 12.2. The van der Waals surface area contributed by atoms with Gasteiger partial charge in [0.1, 0.15) is 17.2 Å². The molecule has 0 aliphatic carbocycles. The average Bonchev–Trinajstić information content (AvgIpc) is 2.56. The first-order valence-electron chi connectivity index (χ1n) is 6.88. The van der Waals surface area contributed by atoms with Crippen molar-refractivity contribution in [3.8, 4) is 17.2 Å². The number of para-hydroxylation sites is 2. The van der Waals surface area contributed by atoms with Crippen molar-refractivity contribution in [2.24, 2.45) is 0 Å². The highest BCUT2D eigenvalue weighted by atomic mass is 16.5. The zero-order valence-electron chi connectivity index (χ0n) is 12.8. The lowest BCUT2D eigenvalue weighted by molar-refractivity contribution is -0.122. The van der Waals surface area contributed by atoms with Gasteiger partial charge in [-0.3, -0.25) is 4.79 Å². The van der Waals surface area contributed by atoms with Gasteiger partial charge in [-0.2, -0.15) is 0 Å². The van der Waals surface area contributed by atoms with E-state index in [9.17, 15) is 4.79 Å². The number of carbonyl (C=O) groups is 1. The molecule has 116 valence electrons. The number of hydrogen-bond acceptors (Lipinski definition) is 4. The quantitative estimate of drug-likeness (QED) is 0.890. The Kier molecular flexibility index (Phi) is 5.25. The van der Waals surface area contributed by atoms with Crippen LogP contribution in [-0.2, 0) is 4.79 Å². The summed E-state index contributed by atoms with van der Waals surface area (Å²) in [5.41, 5.74) is 0.611. The summed E-state index contributed by atoms with van der Waals surface area (Å²) in [6.07, 6.45) is -0.640. The van der Waals surface area contributed by atoms with E-state index in [0.29, 0.717) is 17.2 Å². The maximum absolute atomic E-state index is 12.2. The van der Waals surface area contributed by atoms with Crippen LogP contribution in [0.15, 0.2) is 48.5 Å². The van der Waals surface area contributed by atoms with Crippen LogP contribution in [0.4, 0.5) is 5.69 Å². The Bertz CT molecular complexity index is 625. The zero-order chi connectivity index (χ0) is 15.9. The molecule has 0 aliphatic rings. The SMILES string of the molecule is COc1ccc(OC(C)C(=O)Nc2ccccc2OC)cc1. The molecular weight excluding hydrogens is 282 g/mol. The Morgan fingerprint density at radius 1 is 0.955 bits per heavy atom. The van der Waals surface area contributed by atoms with E-state index in [0.717, 1.165) is 5.75 Å². The van der Waals surface area contributed by atoms with Crippen molar-refractivity contribution in [2.75, 3.05) is 19.5 Å². The van der Waals surface area contributed by atoms with Gasteiger partial charge in [0.15, 0.2) is 6.10 Å². The van der Waals surface area contributed by atoms with Gasteiger partial charge in [-0.15, -0.1) is 0 Å². The van der Waals surface area contributed by atoms with E-state index < -0.39 is 6.10 Å². The van der Waals surface area contributed by atoms with Crippen LogP contribution in [0.1, 0.15) is 6.92 Å². The minimum absolute atomic E-state index is 0.250. The van der Waals surface area contributed by atoms with Crippen molar-refractivity contribution >= 4 is 11.6 Å². The van der Waals surface area contributed by atoms with E-state index in [1.54, 1.807) is 57.5 Å². The van der Waals surface area contributed by atoms with Gasteiger partial charge in [-0.1, -0.05) is 12.1 Å². The number of amides is 1. The summed E-state index contributed by atoms with van der Waals surface area (Å²) in [5, 5.41) is 2.79. The molecule has 0 fully saturated rings. The van der Waals surface area contributed by atoms with Gasteiger partial charge >= 0.3 is 0 Å². The minimum Gasteiger partial charge on any atom is -0.497 e. The second-order valence-corrected chi connectivity index (χ2v) is 4.63. The van der Waals surface area contributed by atoms with Gasteiger partial charge < -0.3 is 19.5 Å². The van der Waals surface area contributed by atoms with E-state index >= 15 is 0 Å². The van der Waals surface area contributed by atoms with E-state index in [-0.39, 0.29) is 5.91 Å². The third-order valence-electron chi connectivity index (χ3n) is 3.11. The molecule has 0 spiro atoms. The van der Waals surface area contributed by atoms with Crippen LogP contribution in [0.2, 0.25) is 0 Å². The molecule has 2 rings (SSSR count). The summed E-state index contributed by atoms with van der Waals surface area (Å²) in [5.74, 6) is 1.69. The molecule has 5 heteroatoms. The minimum atomic E-state index is -0.640. The first-order valence-corrected chi connectivity index (χ1v) is 6.88. The Morgan fingerprint density at radius 2 is 1.59 bits per heavy atom. The number of rotatable bonds is 6. The molecule has 0 heterocycles. The highest BCUT2D eigenvalue weighted by Crippen LogP contribution is 2.24. The van der Waals surface area contributed by atoms with Crippen LogP contribution in [-0.4, -0.2) is 26.2 Å². The lowest BCUT2D eigenvalue weighted by Crippen LogP contribution is -2.30. The maximum Gasteiger partial charge on any atom is 0.265 e. The van der Waals surface area contributed by atoms with Crippen LogP contribution < -0.4 is 19.5 Å². The van der Waals surface area contributed by atoms with Gasteiger partial charge in [0.25, 0.3) is 5.91 Å². The molecule has 0 bridgehead atoms. The Balaban J connectivity index is 1.99. The topological polar surface area (TPSA) is 56.8 Å². The predicted molar refractivity (Wildman–Crippen MR) is 84.7 cm³/mol. The molecular formula is C17H19NO4. The van der Waals surface area contributed by atoms with Crippen molar-refractivity contribution in [3.05, 3.63) is 48.5 Å². The van der Waals surface area contributed by atoms with Crippen LogP contribution >= 0.6 is 0 Å². The monoisotopic (exact) mass is 301 g/mol. The normalized spacial score (nSPS) is 11.4. The third-order valence-corrected chi connectivity index (χ3v) is 3.11. The van der Waals surface area contributed by atoms with E-state index in [2.05, 4.69) is 5.32 Å². The highest BCUT2D eigenvalue weighted by Gasteiger charge is 2.16. The number of anilines is 1. The zero-order valence-corrected chi connectivity index (χ0v) is 12.8. The molecule has 0 aromatic heterocycles. The van der Waals surface area contributed by atoms with E-state index in [1.807, 2.05) is 12.1 Å². The lowest BCUT2D eigenvalue weighted by atomic mass is 10.2. The molecule has 1 atom stereocenters. The first-order chi connectivity index (χ1) is 10.6. The van der Waals surface area contributed by atoms with Crippen molar-refractivity contribution < 1.29 is 19.0 Å². The molecule has 1 amide bonds. The fraction of sp³-hybridized carbons (Fsp3) is 0.235. The van der Waals surface area contributed by atoms with Gasteiger partial charge in [0.2, 0.25) is 0 Å². The van der Waals surface area contributed by atoms with Crippen LogP contribution in [0.25, 0.3) is 0 Å². The molecule has 0 saturated carbocycles. The summed E-state index contributed by atoms with van der Waals surface area (Å²) in [7, 11) is 3.15. The summed E-state index contributed by atoms with van der Waals surface area (Å²) in [4.78, 5) is 12.2. The summed E-state index contributed by atoms with van der Waals surface area (Å²) in [6.45, 7) is 1.69. The van der Waals surface area contributed by atoms with Crippen LogP contribution in [0.3, 0.4) is 0 Å². The average molecular weight is 301 g/mol. The van der Waals surface area contributed by atoms with Crippen LogP contribution in [0, 0.1) is 0 Å². The molecule has 1 unspecified atom stereocenters. The number of hydrogen-bond donors (Lipinski definition) is 1. The van der Waals surface area contributed by atoms with Gasteiger partial charge in [0.05, 0.1) is 19.9 Å². The van der Waals surface area contributed by atoms with Crippen molar-refractivity contribution in [1.82, 2.24) is 0 Å². The molecule has 0 radical (unpaired) electrons. The summed E-state index contributed by atoms with van der Waals surface area (Å²) >= 11 is 0. The fourth-order valence-corrected chi connectivity index (χ4v) is 1.89. The standard InChI is InChI=1S/C17H19NO4/c1-12(22-14-10-8-13(20-2)9-11-14)17(19)18-15-6-4-5-7-16(15)21-3/h4-12H,1-3H3,(H,18,19). The van der Waals surface area contributed by atoms with E-state index in [1.165, 1.54) is 0 Å². The second kappa shape index (κ2) is 7.36. The second-order valence-electron chi connectivity index (χ2n) is 4.63. The molecule has 22 heavy (non-hydrogen) atoms. The molecule has 1 N–H and O–H groups in total.